The van der Waals surface area contributed by atoms with Gasteiger partial charge in [-0.3, -0.25) is 4.79 Å². The first-order chi connectivity index (χ1) is 16.0. The van der Waals surface area contributed by atoms with E-state index in [9.17, 15) is 13.6 Å². The molecule has 0 saturated heterocycles. The molecule has 4 rings (SSSR count). The molecule has 4 aromatic carbocycles. The fourth-order valence-electron chi connectivity index (χ4n) is 3.35. The molecule has 6 heteroatoms. The van der Waals surface area contributed by atoms with Crippen molar-refractivity contribution in [1.82, 2.24) is 0 Å². The third kappa shape index (κ3) is 5.36. The topological polar surface area (TPSA) is 47.6 Å². The SMILES string of the molecule is COc1ccc(C(=O)Nc2ccc(F)cc2F)cc1COc1ccc(-c2ccccc2)cc1. The van der Waals surface area contributed by atoms with Crippen LogP contribution in [0, 0.1) is 11.6 Å². The number of carbonyl (C=O) groups excluding carboxylic acids is 1. The minimum atomic E-state index is -0.848. The van der Waals surface area contributed by atoms with Gasteiger partial charge in [0.25, 0.3) is 5.91 Å². The summed E-state index contributed by atoms with van der Waals surface area (Å²) in [6, 6.07) is 25.5. The quantitative estimate of drug-likeness (QED) is 0.355. The lowest BCUT2D eigenvalue weighted by Gasteiger charge is -2.13. The predicted octanol–water partition coefficient (Wildman–Crippen LogP) is 6.47. The highest BCUT2D eigenvalue weighted by Gasteiger charge is 2.13. The monoisotopic (exact) mass is 445 g/mol. The lowest BCUT2D eigenvalue weighted by Crippen LogP contribution is -2.14. The number of hydrogen-bond donors (Lipinski definition) is 1. The molecule has 0 bridgehead atoms. The van der Waals surface area contributed by atoms with E-state index in [1.54, 1.807) is 18.2 Å². The molecule has 4 aromatic rings. The molecule has 1 amide bonds. The summed E-state index contributed by atoms with van der Waals surface area (Å²) in [5.74, 6) is -0.873. The molecule has 4 nitrogen and oxygen atoms in total. The molecular formula is C27H21F2NO3. The van der Waals surface area contributed by atoms with Crippen LogP contribution in [0.2, 0.25) is 0 Å². The van der Waals surface area contributed by atoms with E-state index in [2.05, 4.69) is 5.32 Å². The van der Waals surface area contributed by atoms with E-state index in [0.29, 0.717) is 23.1 Å². The maximum atomic E-state index is 13.9. The van der Waals surface area contributed by atoms with Crippen LogP contribution in [0.3, 0.4) is 0 Å². The Balaban J connectivity index is 1.47. The predicted molar refractivity (Wildman–Crippen MR) is 124 cm³/mol. The minimum absolute atomic E-state index is 0.103. The van der Waals surface area contributed by atoms with Gasteiger partial charge in [0.2, 0.25) is 0 Å². The molecule has 0 saturated carbocycles. The average Bonchev–Trinajstić information content (AvgIpc) is 2.85. The van der Waals surface area contributed by atoms with Crippen molar-refractivity contribution in [1.29, 1.82) is 0 Å². The van der Waals surface area contributed by atoms with Crippen molar-refractivity contribution < 1.29 is 23.0 Å². The highest BCUT2D eigenvalue weighted by Crippen LogP contribution is 2.26. The van der Waals surface area contributed by atoms with Crippen LogP contribution in [0.15, 0.2) is 91.0 Å². The Kier molecular flexibility index (Phi) is 6.64. The number of carbonyl (C=O) groups is 1. The van der Waals surface area contributed by atoms with Crippen molar-refractivity contribution >= 4 is 11.6 Å². The number of halogens is 2. The number of methoxy groups -OCH3 is 1. The second kappa shape index (κ2) is 9.96. The smallest absolute Gasteiger partial charge is 0.255 e. The standard InChI is InChI=1S/C27H21F2NO3/c1-32-26-14-9-20(27(31)30-25-13-10-22(28)16-24(25)29)15-21(26)17-33-23-11-7-19(8-12-23)18-5-3-2-4-6-18/h2-16H,17H2,1H3,(H,30,31). The van der Waals surface area contributed by atoms with Gasteiger partial charge in [-0.1, -0.05) is 42.5 Å². The first-order valence-corrected chi connectivity index (χ1v) is 10.2. The van der Waals surface area contributed by atoms with E-state index in [1.165, 1.54) is 13.2 Å². The van der Waals surface area contributed by atoms with Crippen LogP contribution in [0.25, 0.3) is 11.1 Å². The third-order valence-electron chi connectivity index (χ3n) is 5.08. The molecule has 0 aromatic heterocycles. The zero-order valence-electron chi connectivity index (χ0n) is 17.8. The van der Waals surface area contributed by atoms with E-state index in [4.69, 9.17) is 9.47 Å². The van der Waals surface area contributed by atoms with Gasteiger partial charge in [0.1, 0.15) is 29.7 Å². The van der Waals surface area contributed by atoms with Gasteiger partial charge in [-0.15, -0.1) is 0 Å². The summed E-state index contributed by atoms with van der Waals surface area (Å²) in [5, 5.41) is 2.45. The van der Waals surface area contributed by atoms with Crippen molar-refractivity contribution in [2.24, 2.45) is 0 Å². The average molecular weight is 445 g/mol. The molecule has 33 heavy (non-hydrogen) atoms. The minimum Gasteiger partial charge on any atom is -0.496 e. The number of benzene rings is 4. The number of nitrogens with one attached hydrogen (secondary N) is 1. The van der Waals surface area contributed by atoms with E-state index in [-0.39, 0.29) is 17.9 Å². The lowest BCUT2D eigenvalue weighted by atomic mass is 10.1. The van der Waals surface area contributed by atoms with Gasteiger partial charge in [0.15, 0.2) is 0 Å². The number of anilines is 1. The van der Waals surface area contributed by atoms with E-state index >= 15 is 0 Å². The summed E-state index contributed by atoms with van der Waals surface area (Å²) >= 11 is 0. The molecule has 0 spiro atoms. The van der Waals surface area contributed by atoms with Crippen LogP contribution in [0.4, 0.5) is 14.5 Å². The number of hydrogen-bond acceptors (Lipinski definition) is 3. The Morgan fingerprint density at radius 2 is 1.58 bits per heavy atom. The summed E-state index contributed by atoms with van der Waals surface area (Å²) in [4.78, 5) is 12.6. The molecule has 0 unspecified atom stereocenters. The first-order valence-electron chi connectivity index (χ1n) is 10.2. The second-order valence-electron chi connectivity index (χ2n) is 7.28. The number of ether oxygens (including phenoxy) is 2. The van der Waals surface area contributed by atoms with E-state index in [0.717, 1.165) is 17.2 Å². The van der Waals surface area contributed by atoms with Gasteiger partial charge >= 0.3 is 0 Å². The molecular weight excluding hydrogens is 424 g/mol. The van der Waals surface area contributed by atoms with Gasteiger partial charge in [0, 0.05) is 17.2 Å². The van der Waals surface area contributed by atoms with Crippen LogP contribution in [0.5, 0.6) is 11.5 Å². The van der Waals surface area contributed by atoms with Crippen molar-refractivity contribution in [3.8, 4) is 22.6 Å². The molecule has 0 heterocycles. The van der Waals surface area contributed by atoms with Gasteiger partial charge in [-0.05, 0) is 53.6 Å². The van der Waals surface area contributed by atoms with Gasteiger partial charge in [-0.2, -0.15) is 0 Å². The number of rotatable bonds is 7. The highest BCUT2D eigenvalue weighted by atomic mass is 19.1. The molecule has 0 aliphatic rings. The van der Waals surface area contributed by atoms with Gasteiger partial charge in [0.05, 0.1) is 12.8 Å². The van der Waals surface area contributed by atoms with Crippen LogP contribution in [-0.2, 0) is 6.61 Å². The maximum Gasteiger partial charge on any atom is 0.255 e. The first kappa shape index (κ1) is 22.0. The summed E-state index contributed by atoms with van der Waals surface area (Å²) in [5.41, 5.74) is 3.03. The summed E-state index contributed by atoms with van der Waals surface area (Å²) in [6.07, 6.45) is 0. The normalized spacial score (nSPS) is 10.5. The summed E-state index contributed by atoms with van der Waals surface area (Å²) < 4.78 is 38.3. The van der Waals surface area contributed by atoms with Crippen LogP contribution in [-0.4, -0.2) is 13.0 Å². The van der Waals surface area contributed by atoms with E-state index in [1.807, 2.05) is 54.6 Å². The fraction of sp³-hybridized carbons (Fsp3) is 0.0741. The van der Waals surface area contributed by atoms with Crippen molar-refractivity contribution in [3.05, 3.63) is 114 Å². The zero-order chi connectivity index (χ0) is 23.2. The van der Waals surface area contributed by atoms with Crippen LogP contribution in [0.1, 0.15) is 15.9 Å². The van der Waals surface area contributed by atoms with Crippen molar-refractivity contribution in [3.63, 3.8) is 0 Å². The Hall–Kier alpha value is -4.19. The summed E-state index contributed by atoms with van der Waals surface area (Å²) in [6.45, 7) is 0.167. The Bertz CT molecular complexity index is 1260. The molecule has 0 aliphatic carbocycles. The van der Waals surface area contributed by atoms with Gasteiger partial charge < -0.3 is 14.8 Å². The zero-order valence-corrected chi connectivity index (χ0v) is 17.8. The van der Waals surface area contributed by atoms with Crippen LogP contribution >= 0.6 is 0 Å². The lowest BCUT2D eigenvalue weighted by molar-refractivity contribution is 0.102. The van der Waals surface area contributed by atoms with Gasteiger partial charge in [-0.25, -0.2) is 8.78 Å². The molecule has 0 aliphatic heterocycles. The molecule has 0 fully saturated rings. The molecule has 0 radical (unpaired) electrons. The highest BCUT2D eigenvalue weighted by molar-refractivity contribution is 6.04. The molecule has 1 N–H and O–H groups in total. The summed E-state index contributed by atoms with van der Waals surface area (Å²) in [7, 11) is 1.53. The fourth-order valence-corrected chi connectivity index (χ4v) is 3.35. The number of amides is 1. The Morgan fingerprint density at radius 1 is 0.848 bits per heavy atom. The molecule has 0 atom stereocenters. The molecule has 166 valence electrons. The largest absolute Gasteiger partial charge is 0.496 e. The van der Waals surface area contributed by atoms with Crippen molar-refractivity contribution in [2.45, 2.75) is 6.61 Å². The third-order valence-corrected chi connectivity index (χ3v) is 5.08. The second-order valence-corrected chi connectivity index (χ2v) is 7.28. The Morgan fingerprint density at radius 3 is 2.27 bits per heavy atom. The maximum absolute atomic E-state index is 13.9. The van der Waals surface area contributed by atoms with E-state index < -0.39 is 17.5 Å². The van der Waals surface area contributed by atoms with Crippen LogP contribution < -0.4 is 14.8 Å². The Labute approximate surface area is 190 Å². The van der Waals surface area contributed by atoms with Crippen molar-refractivity contribution in [2.75, 3.05) is 12.4 Å².